The number of likely N-dealkylation sites (N-methyl/N-ethyl adjacent to an activating group) is 1. The highest BCUT2D eigenvalue weighted by molar-refractivity contribution is 5.28. The van der Waals surface area contributed by atoms with Gasteiger partial charge in [-0.05, 0) is 45.0 Å². The third-order valence-corrected chi connectivity index (χ3v) is 3.85. The summed E-state index contributed by atoms with van der Waals surface area (Å²) >= 11 is 0. The molecule has 0 saturated carbocycles. The smallest absolute Gasteiger partial charge is 0.118 e. The van der Waals surface area contributed by atoms with E-state index in [2.05, 4.69) is 32.7 Å². The van der Waals surface area contributed by atoms with Crippen LogP contribution in [0.4, 0.5) is 0 Å². The van der Waals surface area contributed by atoms with Crippen LogP contribution >= 0.6 is 0 Å². The number of aliphatic hydroxyl groups is 1. The van der Waals surface area contributed by atoms with Crippen molar-refractivity contribution in [2.75, 3.05) is 20.7 Å². The zero-order valence-electron chi connectivity index (χ0n) is 12.1. The van der Waals surface area contributed by atoms with Gasteiger partial charge in [-0.2, -0.15) is 0 Å². The van der Waals surface area contributed by atoms with Gasteiger partial charge < -0.3 is 9.84 Å². The number of β-amino-alcohol motifs (C(OH)–C–C–N with tert-alkyl or cyclic N) is 1. The van der Waals surface area contributed by atoms with E-state index in [9.17, 15) is 5.11 Å². The second-order valence-corrected chi connectivity index (χ2v) is 5.34. The van der Waals surface area contributed by atoms with Crippen molar-refractivity contribution in [2.45, 2.75) is 38.8 Å². The van der Waals surface area contributed by atoms with Crippen LogP contribution in [-0.4, -0.2) is 36.2 Å². The molecule has 1 aromatic rings. The number of benzene rings is 1. The van der Waals surface area contributed by atoms with Gasteiger partial charge >= 0.3 is 0 Å². The molecule has 0 heterocycles. The molecule has 1 atom stereocenters. The topological polar surface area (TPSA) is 32.7 Å². The fourth-order valence-corrected chi connectivity index (χ4v) is 1.71. The van der Waals surface area contributed by atoms with Crippen LogP contribution in [-0.2, 0) is 0 Å². The molecule has 1 rings (SSSR count). The lowest BCUT2D eigenvalue weighted by Crippen LogP contribution is -2.42. The highest BCUT2D eigenvalue weighted by Gasteiger charge is 2.23. The Balaban J connectivity index is 2.67. The summed E-state index contributed by atoms with van der Waals surface area (Å²) in [5.74, 6) is 0.813. The van der Waals surface area contributed by atoms with Crippen LogP contribution in [0.3, 0.4) is 0 Å². The largest absolute Gasteiger partial charge is 0.497 e. The number of methoxy groups -OCH3 is 1. The first kappa shape index (κ1) is 15.0. The number of hydrogen-bond acceptors (Lipinski definition) is 3. The molecule has 0 spiro atoms. The van der Waals surface area contributed by atoms with Crippen LogP contribution in [0.25, 0.3) is 0 Å². The molecule has 0 bridgehead atoms. The van der Waals surface area contributed by atoms with Crippen LogP contribution in [0.5, 0.6) is 5.75 Å². The monoisotopic (exact) mass is 251 g/mol. The third kappa shape index (κ3) is 3.72. The Labute approximate surface area is 110 Å². The van der Waals surface area contributed by atoms with Gasteiger partial charge in [0.2, 0.25) is 0 Å². The van der Waals surface area contributed by atoms with Crippen molar-refractivity contribution < 1.29 is 9.84 Å². The molecule has 0 aliphatic rings. The van der Waals surface area contributed by atoms with Gasteiger partial charge in [0.1, 0.15) is 5.75 Å². The van der Waals surface area contributed by atoms with Crippen molar-refractivity contribution in [3.63, 3.8) is 0 Å². The van der Waals surface area contributed by atoms with Crippen molar-refractivity contribution in [1.29, 1.82) is 0 Å². The SMILES string of the molecule is CCC(C)(C)N(C)CC(O)c1ccc(OC)cc1. The number of rotatable bonds is 6. The first-order valence-corrected chi connectivity index (χ1v) is 6.44. The lowest BCUT2D eigenvalue weighted by Gasteiger charge is -2.36. The molecule has 0 saturated heterocycles. The van der Waals surface area contributed by atoms with Gasteiger partial charge in [-0.1, -0.05) is 19.1 Å². The van der Waals surface area contributed by atoms with E-state index in [-0.39, 0.29) is 5.54 Å². The maximum atomic E-state index is 10.2. The number of aliphatic hydroxyl groups excluding tert-OH is 1. The number of hydrogen-bond donors (Lipinski definition) is 1. The minimum Gasteiger partial charge on any atom is -0.497 e. The minimum atomic E-state index is -0.466. The first-order valence-electron chi connectivity index (χ1n) is 6.44. The standard InChI is InChI=1S/C15H25NO2/c1-6-15(2,3)16(4)11-14(17)12-7-9-13(18-5)10-8-12/h7-10,14,17H,6,11H2,1-5H3. The van der Waals surface area contributed by atoms with Crippen LogP contribution < -0.4 is 4.74 Å². The molecule has 1 N–H and O–H groups in total. The fourth-order valence-electron chi connectivity index (χ4n) is 1.71. The second kappa shape index (κ2) is 6.21. The molecule has 0 aliphatic carbocycles. The maximum absolute atomic E-state index is 10.2. The van der Waals surface area contributed by atoms with Gasteiger partial charge in [0, 0.05) is 12.1 Å². The maximum Gasteiger partial charge on any atom is 0.118 e. The van der Waals surface area contributed by atoms with Gasteiger partial charge in [-0.15, -0.1) is 0 Å². The van der Waals surface area contributed by atoms with Crippen LogP contribution in [0.1, 0.15) is 38.9 Å². The summed E-state index contributed by atoms with van der Waals surface area (Å²) in [7, 11) is 3.69. The molecule has 0 radical (unpaired) electrons. The molecular formula is C15H25NO2. The average molecular weight is 251 g/mol. The molecule has 0 aliphatic heterocycles. The van der Waals surface area contributed by atoms with E-state index < -0.39 is 6.10 Å². The molecule has 1 aromatic carbocycles. The summed E-state index contributed by atoms with van der Waals surface area (Å²) in [5.41, 5.74) is 1.03. The molecule has 3 heteroatoms. The van der Waals surface area contributed by atoms with E-state index in [0.29, 0.717) is 6.54 Å². The molecule has 0 fully saturated rings. The summed E-state index contributed by atoms with van der Waals surface area (Å²) in [6.45, 7) is 7.17. The van der Waals surface area contributed by atoms with Crippen molar-refractivity contribution >= 4 is 0 Å². The summed E-state index contributed by atoms with van der Waals surface area (Å²) in [4.78, 5) is 2.20. The van der Waals surface area contributed by atoms with E-state index in [1.807, 2.05) is 24.3 Å². The summed E-state index contributed by atoms with van der Waals surface area (Å²) in [6.07, 6.45) is 0.588. The second-order valence-electron chi connectivity index (χ2n) is 5.34. The quantitative estimate of drug-likeness (QED) is 0.844. The predicted octanol–water partition coefficient (Wildman–Crippen LogP) is 2.85. The van der Waals surface area contributed by atoms with Gasteiger partial charge in [0.05, 0.1) is 13.2 Å². The van der Waals surface area contributed by atoms with Gasteiger partial charge in [0.25, 0.3) is 0 Å². The zero-order chi connectivity index (χ0) is 13.8. The number of ether oxygens (including phenoxy) is 1. The summed E-state index contributed by atoms with van der Waals surface area (Å²) in [5, 5.41) is 10.2. The fraction of sp³-hybridized carbons (Fsp3) is 0.600. The molecule has 0 aromatic heterocycles. The van der Waals surface area contributed by atoms with Crippen LogP contribution in [0.2, 0.25) is 0 Å². The van der Waals surface area contributed by atoms with Crippen molar-refractivity contribution in [3.05, 3.63) is 29.8 Å². The van der Waals surface area contributed by atoms with Gasteiger partial charge in [-0.3, -0.25) is 4.90 Å². The molecule has 0 amide bonds. The van der Waals surface area contributed by atoms with E-state index >= 15 is 0 Å². The summed E-state index contributed by atoms with van der Waals surface area (Å²) in [6, 6.07) is 7.58. The Bertz CT molecular complexity index is 359. The molecule has 18 heavy (non-hydrogen) atoms. The minimum absolute atomic E-state index is 0.105. The van der Waals surface area contributed by atoms with Crippen molar-refractivity contribution in [2.24, 2.45) is 0 Å². The Kier molecular flexibility index (Phi) is 5.17. The average Bonchev–Trinajstić information content (AvgIpc) is 2.38. The van der Waals surface area contributed by atoms with Crippen molar-refractivity contribution in [3.8, 4) is 5.75 Å². The Morgan fingerprint density at radius 3 is 2.28 bits per heavy atom. The highest BCUT2D eigenvalue weighted by Crippen LogP contribution is 2.22. The Morgan fingerprint density at radius 2 is 1.83 bits per heavy atom. The third-order valence-electron chi connectivity index (χ3n) is 3.85. The molecule has 1 unspecified atom stereocenters. The lowest BCUT2D eigenvalue weighted by molar-refractivity contribution is 0.0686. The van der Waals surface area contributed by atoms with Crippen LogP contribution in [0.15, 0.2) is 24.3 Å². The summed E-state index contributed by atoms with van der Waals surface area (Å²) < 4.78 is 5.11. The van der Waals surface area contributed by atoms with E-state index in [4.69, 9.17) is 4.74 Å². The number of nitrogens with zero attached hydrogens (tertiary/aromatic N) is 1. The van der Waals surface area contributed by atoms with Gasteiger partial charge in [0.15, 0.2) is 0 Å². The van der Waals surface area contributed by atoms with Gasteiger partial charge in [-0.25, -0.2) is 0 Å². The van der Waals surface area contributed by atoms with Crippen molar-refractivity contribution in [1.82, 2.24) is 4.90 Å². The van der Waals surface area contributed by atoms with E-state index in [1.165, 1.54) is 0 Å². The molecule has 3 nitrogen and oxygen atoms in total. The first-order chi connectivity index (χ1) is 8.40. The Morgan fingerprint density at radius 1 is 1.28 bits per heavy atom. The Hall–Kier alpha value is -1.06. The molecular weight excluding hydrogens is 226 g/mol. The predicted molar refractivity (Wildman–Crippen MR) is 75.0 cm³/mol. The lowest BCUT2D eigenvalue weighted by atomic mass is 9.98. The van der Waals surface area contributed by atoms with E-state index in [0.717, 1.165) is 17.7 Å². The normalized spacial score (nSPS) is 13.7. The zero-order valence-corrected chi connectivity index (χ0v) is 12.1. The molecule has 102 valence electrons. The highest BCUT2D eigenvalue weighted by atomic mass is 16.5. The van der Waals surface area contributed by atoms with Crippen LogP contribution in [0, 0.1) is 0 Å². The van der Waals surface area contributed by atoms with E-state index in [1.54, 1.807) is 7.11 Å².